The second kappa shape index (κ2) is 7.59. The summed E-state index contributed by atoms with van der Waals surface area (Å²) < 4.78 is 55.3. The van der Waals surface area contributed by atoms with Gasteiger partial charge < -0.3 is 0 Å². The molecule has 1 aliphatic heterocycles. The lowest BCUT2D eigenvalue weighted by molar-refractivity contribution is 0.346. The number of hydrogen-bond acceptors (Lipinski definition) is 4. The number of hydrogen-bond donors (Lipinski definition) is 1. The summed E-state index contributed by atoms with van der Waals surface area (Å²) in [6, 6.07) is 13.1. The minimum absolute atomic E-state index is 0.0782. The molecule has 8 heteroatoms. The topological polar surface area (TPSA) is 83.5 Å². The largest absolute Gasteiger partial charge is 0.243 e. The lowest BCUT2D eigenvalue weighted by Gasteiger charge is -2.25. The van der Waals surface area contributed by atoms with Crippen molar-refractivity contribution in [3.63, 3.8) is 0 Å². The van der Waals surface area contributed by atoms with E-state index in [1.54, 1.807) is 0 Å². The van der Waals surface area contributed by atoms with Gasteiger partial charge in [0.05, 0.1) is 9.79 Å². The standard InChI is InChI=1S/C20H24N2O4S2/c23-27(24,21-20-13-8-16-6-2-3-7-19(16)20)17-9-11-18(12-10-17)28(25,26)22-14-4-1-5-15-22/h2-3,6-7,9-12,20-21H,1,4-5,8,13-15H2/t20-/m1/s1. The number of nitrogens with zero attached hydrogens (tertiary/aromatic N) is 1. The Bertz CT molecular complexity index is 1060. The highest BCUT2D eigenvalue weighted by Crippen LogP contribution is 2.32. The lowest BCUT2D eigenvalue weighted by atomic mass is 10.1. The number of nitrogens with one attached hydrogen (secondary N) is 1. The Labute approximate surface area is 166 Å². The monoisotopic (exact) mass is 420 g/mol. The molecule has 0 aromatic heterocycles. The molecule has 0 bridgehead atoms. The number of benzene rings is 2. The molecule has 0 spiro atoms. The van der Waals surface area contributed by atoms with Gasteiger partial charge in [-0.15, -0.1) is 0 Å². The van der Waals surface area contributed by atoms with Crippen LogP contribution < -0.4 is 4.72 Å². The van der Waals surface area contributed by atoms with Crippen LogP contribution >= 0.6 is 0 Å². The van der Waals surface area contributed by atoms with Crippen LogP contribution in [-0.2, 0) is 26.5 Å². The predicted molar refractivity (Wildman–Crippen MR) is 107 cm³/mol. The molecule has 1 N–H and O–H groups in total. The number of rotatable bonds is 5. The smallest absolute Gasteiger partial charge is 0.207 e. The zero-order valence-corrected chi connectivity index (χ0v) is 17.2. The van der Waals surface area contributed by atoms with Gasteiger partial charge in [-0.3, -0.25) is 0 Å². The highest BCUT2D eigenvalue weighted by molar-refractivity contribution is 7.89. The van der Waals surface area contributed by atoms with Gasteiger partial charge in [-0.1, -0.05) is 30.7 Å². The molecule has 2 aromatic rings. The number of aryl methyl sites for hydroxylation is 1. The fourth-order valence-electron chi connectivity index (χ4n) is 3.98. The first-order valence-electron chi connectivity index (χ1n) is 9.58. The van der Waals surface area contributed by atoms with E-state index in [0.29, 0.717) is 13.1 Å². The van der Waals surface area contributed by atoms with Crippen molar-refractivity contribution in [2.24, 2.45) is 0 Å². The van der Waals surface area contributed by atoms with Crippen molar-refractivity contribution in [2.75, 3.05) is 13.1 Å². The third-order valence-electron chi connectivity index (χ3n) is 5.52. The third-order valence-corrected chi connectivity index (χ3v) is 8.92. The summed E-state index contributed by atoms with van der Waals surface area (Å²) in [7, 11) is -7.30. The van der Waals surface area contributed by atoms with E-state index in [1.165, 1.54) is 28.6 Å². The van der Waals surface area contributed by atoms with Crippen LogP contribution in [0.4, 0.5) is 0 Å². The van der Waals surface area contributed by atoms with E-state index < -0.39 is 20.0 Å². The SMILES string of the molecule is O=S(=O)(N[C@@H]1CCc2ccccc21)c1ccc(S(=O)(=O)N2CCCCC2)cc1. The molecular weight excluding hydrogens is 396 g/mol. The zero-order chi connectivity index (χ0) is 19.8. The van der Waals surface area contributed by atoms with Gasteiger partial charge in [0.25, 0.3) is 0 Å². The third kappa shape index (κ3) is 3.74. The van der Waals surface area contributed by atoms with E-state index in [0.717, 1.165) is 43.2 Å². The first kappa shape index (κ1) is 19.6. The molecule has 2 aromatic carbocycles. The van der Waals surface area contributed by atoms with Crippen molar-refractivity contribution in [2.45, 2.75) is 47.9 Å². The van der Waals surface area contributed by atoms with E-state index in [1.807, 2.05) is 24.3 Å². The Morgan fingerprint density at radius 2 is 1.46 bits per heavy atom. The lowest BCUT2D eigenvalue weighted by Crippen LogP contribution is -2.35. The van der Waals surface area contributed by atoms with E-state index in [-0.39, 0.29) is 15.8 Å². The van der Waals surface area contributed by atoms with Gasteiger partial charge in [-0.05, 0) is 61.1 Å². The summed E-state index contributed by atoms with van der Waals surface area (Å²) in [5.74, 6) is 0. The molecule has 1 aliphatic carbocycles. The fraction of sp³-hybridized carbons (Fsp3) is 0.400. The molecule has 0 radical (unpaired) electrons. The second-order valence-corrected chi connectivity index (χ2v) is 11.0. The molecule has 1 heterocycles. The Morgan fingerprint density at radius 1 is 0.821 bits per heavy atom. The molecule has 1 fully saturated rings. The molecule has 150 valence electrons. The van der Waals surface area contributed by atoms with Crippen molar-refractivity contribution in [1.29, 1.82) is 0 Å². The second-order valence-electron chi connectivity index (χ2n) is 7.35. The number of sulfonamides is 2. The van der Waals surface area contributed by atoms with Gasteiger partial charge in [0.2, 0.25) is 20.0 Å². The van der Waals surface area contributed by atoms with Crippen LogP contribution in [0, 0.1) is 0 Å². The molecule has 0 unspecified atom stereocenters. The zero-order valence-electron chi connectivity index (χ0n) is 15.5. The van der Waals surface area contributed by atoms with Crippen LogP contribution in [0.2, 0.25) is 0 Å². The van der Waals surface area contributed by atoms with Crippen molar-refractivity contribution >= 4 is 20.0 Å². The van der Waals surface area contributed by atoms with Gasteiger partial charge in [-0.2, -0.15) is 4.31 Å². The predicted octanol–water partition coefficient (Wildman–Crippen LogP) is 2.83. The first-order valence-corrected chi connectivity index (χ1v) is 12.5. The summed E-state index contributed by atoms with van der Waals surface area (Å²) in [5, 5.41) is 0. The molecule has 1 atom stereocenters. The van der Waals surface area contributed by atoms with Crippen LogP contribution in [0.5, 0.6) is 0 Å². The number of piperidine rings is 1. The minimum Gasteiger partial charge on any atom is -0.207 e. The highest BCUT2D eigenvalue weighted by atomic mass is 32.2. The van der Waals surface area contributed by atoms with E-state index >= 15 is 0 Å². The Kier molecular flexibility index (Phi) is 5.30. The van der Waals surface area contributed by atoms with Gasteiger partial charge in [-0.25, -0.2) is 21.6 Å². The van der Waals surface area contributed by atoms with E-state index in [9.17, 15) is 16.8 Å². The van der Waals surface area contributed by atoms with Gasteiger partial charge in [0.1, 0.15) is 0 Å². The maximum atomic E-state index is 12.8. The van der Waals surface area contributed by atoms with Gasteiger partial charge in [0, 0.05) is 19.1 Å². The maximum absolute atomic E-state index is 12.8. The quantitative estimate of drug-likeness (QED) is 0.806. The number of fused-ring (bicyclic) bond motifs is 1. The summed E-state index contributed by atoms with van der Waals surface area (Å²) in [6.45, 7) is 1.04. The fourth-order valence-corrected chi connectivity index (χ4v) is 6.75. The van der Waals surface area contributed by atoms with E-state index in [4.69, 9.17) is 0 Å². The van der Waals surface area contributed by atoms with Gasteiger partial charge in [0.15, 0.2) is 0 Å². The summed E-state index contributed by atoms with van der Waals surface area (Å²) >= 11 is 0. The summed E-state index contributed by atoms with van der Waals surface area (Å²) in [4.78, 5) is 0.217. The van der Waals surface area contributed by atoms with Crippen molar-refractivity contribution in [1.82, 2.24) is 9.03 Å². The average Bonchev–Trinajstić information content (AvgIpc) is 3.11. The summed E-state index contributed by atoms with van der Waals surface area (Å²) in [6.07, 6.45) is 4.33. The minimum atomic E-state index is -3.73. The highest BCUT2D eigenvalue weighted by Gasteiger charge is 2.29. The molecule has 6 nitrogen and oxygen atoms in total. The Morgan fingerprint density at radius 3 is 2.18 bits per heavy atom. The Balaban J connectivity index is 1.53. The van der Waals surface area contributed by atoms with Crippen LogP contribution in [-0.4, -0.2) is 34.2 Å². The summed E-state index contributed by atoms with van der Waals surface area (Å²) in [5.41, 5.74) is 2.17. The molecule has 2 aliphatic rings. The van der Waals surface area contributed by atoms with Crippen molar-refractivity contribution in [3.8, 4) is 0 Å². The molecule has 0 saturated carbocycles. The molecule has 28 heavy (non-hydrogen) atoms. The molecule has 1 saturated heterocycles. The molecule has 0 amide bonds. The average molecular weight is 421 g/mol. The van der Waals surface area contributed by atoms with Crippen LogP contribution in [0.3, 0.4) is 0 Å². The van der Waals surface area contributed by atoms with Crippen molar-refractivity contribution in [3.05, 3.63) is 59.7 Å². The molecular formula is C20H24N2O4S2. The van der Waals surface area contributed by atoms with Gasteiger partial charge >= 0.3 is 0 Å². The van der Waals surface area contributed by atoms with Crippen LogP contribution in [0.1, 0.15) is 42.9 Å². The maximum Gasteiger partial charge on any atom is 0.243 e. The van der Waals surface area contributed by atoms with E-state index in [2.05, 4.69) is 4.72 Å². The normalized spacial score (nSPS) is 20.8. The Hall–Kier alpha value is -1.74. The van der Waals surface area contributed by atoms with Crippen LogP contribution in [0.15, 0.2) is 58.3 Å². The molecule has 4 rings (SSSR count). The van der Waals surface area contributed by atoms with Crippen molar-refractivity contribution < 1.29 is 16.8 Å². The van der Waals surface area contributed by atoms with Crippen LogP contribution in [0.25, 0.3) is 0 Å². The first-order chi connectivity index (χ1) is 13.4.